The zero-order chi connectivity index (χ0) is 18.4. The summed E-state index contributed by atoms with van der Waals surface area (Å²) in [4.78, 5) is 24.5. The molecule has 4 atom stereocenters. The van der Waals surface area contributed by atoms with Crippen LogP contribution in [0.15, 0.2) is 30.4 Å². The van der Waals surface area contributed by atoms with Crippen molar-refractivity contribution in [1.82, 2.24) is 0 Å². The fourth-order valence-corrected chi connectivity index (χ4v) is 4.00. The quantitative estimate of drug-likeness (QED) is 0.821. The number of carbonyl (C=O) groups is 2. The van der Waals surface area contributed by atoms with Crippen LogP contribution < -0.4 is 10.1 Å². The van der Waals surface area contributed by atoms with Gasteiger partial charge in [-0.25, -0.2) is 0 Å². The topological polar surface area (TPSA) is 75.6 Å². The maximum absolute atomic E-state index is 12.9. The lowest BCUT2D eigenvalue weighted by atomic mass is 9.82. The van der Waals surface area contributed by atoms with Crippen molar-refractivity contribution < 1.29 is 19.4 Å². The van der Waals surface area contributed by atoms with E-state index in [0.717, 1.165) is 12.0 Å². The lowest BCUT2D eigenvalue weighted by molar-refractivity contribution is -0.146. The van der Waals surface area contributed by atoms with E-state index in [0.29, 0.717) is 11.4 Å². The van der Waals surface area contributed by atoms with E-state index >= 15 is 0 Å². The number of allylic oxidation sites excluding steroid dienone is 2. The number of nitrogens with one attached hydrogen (secondary N) is 1. The van der Waals surface area contributed by atoms with Gasteiger partial charge in [-0.3, -0.25) is 9.59 Å². The number of carboxylic acid groups (broad SMARTS) is 1. The number of rotatable bonds is 4. The molecule has 2 bridgehead atoms. The SMILES string of the molecule is COc1ccc(C(C)(C)C)cc1NC(=O)[C@@H]1[C@@H](C(=O)O)[C@H]2C=C[C@@H]1C2. The second-order valence-corrected chi connectivity index (χ2v) is 7.99. The first-order chi connectivity index (χ1) is 11.7. The number of aliphatic carboxylic acids is 1. The third-order valence-electron chi connectivity index (χ3n) is 5.37. The van der Waals surface area contributed by atoms with Crippen LogP contribution in [0.1, 0.15) is 32.8 Å². The fourth-order valence-electron chi connectivity index (χ4n) is 4.00. The highest BCUT2D eigenvalue weighted by Crippen LogP contribution is 2.48. The molecule has 0 aliphatic heterocycles. The van der Waals surface area contributed by atoms with Gasteiger partial charge in [0.15, 0.2) is 0 Å². The van der Waals surface area contributed by atoms with E-state index < -0.39 is 17.8 Å². The number of anilines is 1. The van der Waals surface area contributed by atoms with Crippen molar-refractivity contribution >= 4 is 17.6 Å². The Labute approximate surface area is 148 Å². The van der Waals surface area contributed by atoms with Crippen LogP contribution in [0.2, 0.25) is 0 Å². The molecule has 0 spiro atoms. The van der Waals surface area contributed by atoms with Crippen molar-refractivity contribution in [3.05, 3.63) is 35.9 Å². The number of benzene rings is 1. The van der Waals surface area contributed by atoms with Gasteiger partial charge in [-0.05, 0) is 41.4 Å². The molecule has 5 nitrogen and oxygen atoms in total. The maximum atomic E-state index is 12.9. The standard InChI is InChI=1S/C20H25NO4/c1-20(2,3)13-7-8-15(25-4)14(10-13)21-18(22)16-11-5-6-12(9-11)17(16)19(23)24/h5-8,10-12,16-17H,9H2,1-4H3,(H,21,22)(H,23,24)/t11-,12+,16+,17+/m1/s1. The highest BCUT2D eigenvalue weighted by Gasteiger charge is 2.51. The van der Waals surface area contributed by atoms with Crippen LogP contribution in [0.3, 0.4) is 0 Å². The van der Waals surface area contributed by atoms with Gasteiger partial charge < -0.3 is 15.2 Å². The molecule has 1 saturated carbocycles. The minimum atomic E-state index is -0.896. The van der Waals surface area contributed by atoms with Gasteiger partial charge in [0.1, 0.15) is 5.75 Å². The highest BCUT2D eigenvalue weighted by atomic mass is 16.5. The summed E-state index contributed by atoms with van der Waals surface area (Å²) in [6.45, 7) is 6.30. The minimum absolute atomic E-state index is 0.00268. The first-order valence-electron chi connectivity index (χ1n) is 8.63. The summed E-state index contributed by atoms with van der Waals surface area (Å²) in [5.74, 6) is -1.78. The summed E-state index contributed by atoms with van der Waals surface area (Å²) in [6, 6.07) is 5.73. The summed E-state index contributed by atoms with van der Waals surface area (Å²) in [7, 11) is 1.56. The summed E-state index contributed by atoms with van der Waals surface area (Å²) >= 11 is 0. The molecule has 0 radical (unpaired) electrons. The largest absolute Gasteiger partial charge is 0.495 e. The van der Waals surface area contributed by atoms with E-state index in [1.807, 2.05) is 30.4 Å². The van der Waals surface area contributed by atoms with E-state index in [4.69, 9.17) is 4.74 Å². The third kappa shape index (κ3) is 3.15. The Kier molecular flexibility index (Phi) is 4.35. The molecule has 3 rings (SSSR count). The van der Waals surface area contributed by atoms with Crippen molar-refractivity contribution in [2.24, 2.45) is 23.7 Å². The Morgan fingerprint density at radius 2 is 1.80 bits per heavy atom. The summed E-state index contributed by atoms with van der Waals surface area (Å²) in [6.07, 6.45) is 4.67. The molecule has 2 aliphatic carbocycles. The molecular weight excluding hydrogens is 318 g/mol. The smallest absolute Gasteiger partial charge is 0.307 e. The Hall–Kier alpha value is -2.30. The van der Waals surface area contributed by atoms with Crippen LogP contribution in [-0.4, -0.2) is 24.1 Å². The molecule has 2 N–H and O–H groups in total. The maximum Gasteiger partial charge on any atom is 0.307 e. The molecule has 5 heteroatoms. The first kappa shape index (κ1) is 17.5. The number of carbonyl (C=O) groups excluding carboxylic acids is 1. The Morgan fingerprint density at radius 1 is 1.16 bits per heavy atom. The van der Waals surface area contributed by atoms with E-state index in [9.17, 15) is 14.7 Å². The van der Waals surface area contributed by atoms with Crippen molar-refractivity contribution in [3.8, 4) is 5.75 Å². The van der Waals surface area contributed by atoms with Crippen molar-refractivity contribution in [2.45, 2.75) is 32.6 Å². The molecular formula is C20H25NO4. The molecule has 1 aromatic rings. The average molecular weight is 343 g/mol. The number of hydrogen-bond acceptors (Lipinski definition) is 3. The molecule has 0 heterocycles. The zero-order valence-corrected chi connectivity index (χ0v) is 15.1. The molecule has 2 aliphatic rings. The van der Waals surface area contributed by atoms with Gasteiger partial charge in [0.25, 0.3) is 0 Å². The van der Waals surface area contributed by atoms with Crippen LogP contribution in [0.25, 0.3) is 0 Å². The molecule has 134 valence electrons. The van der Waals surface area contributed by atoms with Crippen molar-refractivity contribution in [2.75, 3.05) is 12.4 Å². The van der Waals surface area contributed by atoms with Gasteiger partial charge in [0.2, 0.25) is 5.91 Å². The Bertz CT molecular complexity index is 732. The molecule has 1 aromatic carbocycles. The van der Waals surface area contributed by atoms with Crippen molar-refractivity contribution in [3.63, 3.8) is 0 Å². The molecule has 0 aromatic heterocycles. The number of methoxy groups -OCH3 is 1. The predicted octanol–water partition coefficient (Wildman–Crippen LogP) is 3.45. The van der Waals surface area contributed by atoms with Crippen LogP contribution in [0.4, 0.5) is 5.69 Å². The highest BCUT2D eigenvalue weighted by molar-refractivity contribution is 5.97. The number of amides is 1. The van der Waals surface area contributed by atoms with Crippen LogP contribution in [-0.2, 0) is 15.0 Å². The first-order valence-corrected chi connectivity index (χ1v) is 8.63. The number of fused-ring (bicyclic) bond motifs is 2. The van der Waals surface area contributed by atoms with E-state index in [1.54, 1.807) is 7.11 Å². The summed E-state index contributed by atoms with van der Waals surface area (Å²) < 4.78 is 5.37. The fraction of sp³-hybridized carbons (Fsp3) is 0.500. The Morgan fingerprint density at radius 3 is 2.36 bits per heavy atom. The van der Waals surface area contributed by atoms with E-state index in [-0.39, 0.29) is 23.2 Å². The molecule has 1 amide bonds. The van der Waals surface area contributed by atoms with Crippen LogP contribution >= 0.6 is 0 Å². The normalized spacial score (nSPS) is 27.4. The summed E-state index contributed by atoms with van der Waals surface area (Å²) in [5, 5.41) is 12.5. The van der Waals surface area contributed by atoms with Gasteiger partial charge >= 0.3 is 5.97 Å². The molecule has 0 unspecified atom stereocenters. The van der Waals surface area contributed by atoms with Crippen molar-refractivity contribution in [1.29, 1.82) is 0 Å². The van der Waals surface area contributed by atoms with Gasteiger partial charge in [-0.1, -0.05) is 39.0 Å². The number of hydrogen-bond donors (Lipinski definition) is 2. The van der Waals surface area contributed by atoms with Gasteiger partial charge in [0, 0.05) is 0 Å². The average Bonchev–Trinajstić information content (AvgIpc) is 3.14. The predicted molar refractivity (Wildman–Crippen MR) is 95.7 cm³/mol. The molecule has 0 saturated heterocycles. The van der Waals surface area contributed by atoms with Gasteiger partial charge in [-0.2, -0.15) is 0 Å². The third-order valence-corrected chi connectivity index (χ3v) is 5.37. The monoisotopic (exact) mass is 343 g/mol. The second kappa shape index (κ2) is 6.21. The number of carboxylic acids is 1. The Balaban J connectivity index is 1.88. The van der Waals surface area contributed by atoms with Gasteiger partial charge in [-0.15, -0.1) is 0 Å². The molecule has 25 heavy (non-hydrogen) atoms. The summed E-state index contributed by atoms with van der Waals surface area (Å²) in [5.41, 5.74) is 1.60. The lowest BCUT2D eigenvalue weighted by Crippen LogP contribution is -2.36. The van der Waals surface area contributed by atoms with Gasteiger partial charge in [0.05, 0.1) is 24.6 Å². The number of ether oxygens (including phenoxy) is 1. The second-order valence-electron chi connectivity index (χ2n) is 7.99. The zero-order valence-electron chi connectivity index (χ0n) is 15.1. The van der Waals surface area contributed by atoms with Crippen LogP contribution in [0, 0.1) is 23.7 Å². The van der Waals surface area contributed by atoms with Crippen LogP contribution in [0.5, 0.6) is 5.75 Å². The van der Waals surface area contributed by atoms with E-state index in [1.165, 1.54) is 0 Å². The minimum Gasteiger partial charge on any atom is -0.495 e. The molecule has 1 fully saturated rings. The van der Waals surface area contributed by atoms with E-state index in [2.05, 4.69) is 26.1 Å². The lowest BCUT2D eigenvalue weighted by Gasteiger charge is -2.25.